The zero-order valence-electron chi connectivity index (χ0n) is 10.8. The first-order valence-corrected chi connectivity index (χ1v) is 9.64. The van der Waals surface area contributed by atoms with E-state index in [4.69, 9.17) is 4.74 Å². The maximum absolute atomic E-state index is 13.4. The maximum atomic E-state index is 13.4. The highest BCUT2D eigenvalue weighted by atomic mass is 32.3. The topological polar surface area (TPSA) is 72.8 Å². The Balaban J connectivity index is 2.10. The summed E-state index contributed by atoms with van der Waals surface area (Å²) in [7, 11) is -6.57. The molecule has 0 N–H and O–H groups in total. The van der Waals surface area contributed by atoms with Crippen LogP contribution in [0.15, 0.2) is 28.0 Å². The molecular formula is C12H16FNO4S2. The Morgan fingerprint density at radius 3 is 2.55 bits per heavy atom. The van der Waals surface area contributed by atoms with Gasteiger partial charge in [0.15, 0.2) is 0 Å². The molecule has 0 unspecified atom stereocenters. The van der Waals surface area contributed by atoms with Gasteiger partial charge in [-0.2, -0.15) is 0 Å². The van der Waals surface area contributed by atoms with E-state index in [1.165, 1.54) is 18.2 Å². The van der Waals surface area contributed by atoms with Gasteiger partial charge >= 0.3 is 0 Å². The van der Waals surface area contributed by atoms with Gasteiger partial charge in [-0.15, -0.1) is 3.77 Å². The average molecular weight is 321 g/mol. The van der Waals surface area contributed by atoms with E-state index in [9.17, 15) is 17.0 Å². The first kappa shape index (κ1) is 15.4. The van der Waals surface area contributed by atoms with Crippen LogP contribution in [0.1, 0.15) is 5.56 Å². The van der Waals surface area contributed by atoms with Gasteiger partial charge in [0.2, 0.25) is 0 Å². The molecule has 5 nitrogen and oxygen atoms in total. The summed E-state index contributed by atoms with van der Waals surface area (Å²) in [5.41, 5.74) is 0.313. The van der Waals surface area contributed by atoms with Gasteiger partial charge in [-0.3, -0.25) is 0 Å². The molecule has 0 saturated carbocycles. The Bertz CT molecular complexity index is 681. The molecule has 8 heteroatoms. The number of nitrogens with zero attached hydrogens (tertiary/aromatic N) is 1. The normalized spacial score (nSPS) is 18.6. The third-order valence-corrected chi connectivity index (χ3v) is 7.25. The second kappa shape index (κ2) is 6.19. The van der Waals surface area contributed by atoms with E-state index in [1.54, 1.807) is 6.07 Å². The molecular weight excluding hydrogens is 305 g/mol. The lowest BCUT2D eigenvalue weighted by Crippen LogP contribution is -2.27. The Hall–Kier alpha value is -0.990. The van der Waals surface area contributed by atoms with E-state index in [0.29, 0.717) is 5.56 Å². The predicted octanol–water partition coefficient (Wildman–Crippen LogP) is 1.20. The molecule has 20 heavy (non-hydrogen) atoms. The smallest absolute Gasteiger partial charge is 0.261 e. The molecule has 2 rings (SSSR count). The molecule has 112 valence electrons. The van der Waals surface area contributed by atoms with Crippen LogP contribution in [0.5, 0.6) is 0 Å². The molecule has 1 aliphatic heterocycles. The van der Waals surface area contributed by atoms with Crippen molar-refractivity contribution in [1.82, 2.24) is 0 Å². The summed E-state index contributed by atoms with van der Waals surface area (Å²) in [4.78, 5) is 0. The first-order chi connectivity index (χ1) is 9.40. The number of halogens is 1. The van der Waals surface area contributed by atoms with Crippen molar-refractivity contribution in [2.45, 2.75) is 6.42 Å². The predicted molar refractivity (Wildman–Crippen MR) is 75.0 cm³/mol. The van der Waals surface area contributed by atoms with Crippen molar-refractivity contribution in [2.24, 2.45) is 3.77 Å². The molecule has 1 aromatic rings. The van der Waals surface area contributed by atoms with Gasteiger partial charge < -0.3 is 4.74 Å². The molecule has 1 heterocycles. The Labute approximate surface area is 118 Å². The van der Waals surface area contributed by atoms with Crippen LogP contribution in [0, 0.1) is 5.82 Å². The summed E-state index contributed by atoms with van der Waals surface area (Å²) < 4.78 is 57.9. The molecule has 0 aliphatic carbocycles. The quantitative estimate of drug-likeness (QED) is 0.835. The van der Waals surface area contributed by atoms with E-state index in [0.717, 1.165) is 0 Å². The molecule has 0 aromatic heterocycles. The van der Waals surface area contributed by atoms with Crippen molar-refractivity contribution >= 4 is 19.8 Å². The Kier molecular flexibility index (Phi) is 4.77. The van der Waals surface area contributed by atoms with Crippen molar-refractivity contribution in [3.05, 3.63) is 35.6 Å². The second-order valence-electron chi connectivity index (χ2n) is 4.50. The number of sulfonamides is 1. The third kappa shape index (κ3) is 4.26. The lowest BCUT2D eigenvalue weighted by atomic mass is 10.2. The first-order valence-electron chi connectivity index (χ1n) is 6.18. The molecule has 1 saturated heterocycles. The SMILES string of the molecule is O=S(=O)(CCc1ccccc1F)N=S1(=O)CCOCC1. The van der Waals surface area contributed by atoms with Crippen molar-refractivity contribution in [3.63, 3.8) is 0 Å². The van der Waals surface area contributed by atoms with Gasteiger partial charge in [-0.05, 0) is 18.1 Å². The number of hydrogen-bond donors (Lipinski definition) is 0. The molecule has 1 fully saturated rings. The number of aryl methyl sites for hydroxylation is 1. The molecule has 1 aliphatic rings. The van der Waals surface area contributed by atoms with Crippen molar-refractivity contribution < 1.29 is 21.8 Å². The summed E-state index contributed by atoms with van der Waals surface area (Å²) in [6, 6.07) is 5.98. The highest BCUT2D eigenvalue weighted by molar-refractivity contribution is 8.03. The number of rotatable bonds is 4. The van der Waals surface area contributed by atoms with Crippen LogP contribution >= 0.6 is 0 Å². The minimum atomic E-state index is -3.83. The van der Waals surface area contributed by atoms with Crippen LogP contribution < -0.4 is 0 Å². The van der Waals surface area contributed by atoms with Crippen LogP contribution in [-0.4, -0.2) is 43.1 Å². The fourth-order valence-corrected chi connectivity index (χ4v) is 5.83. The van der Waals surface area contributed by atoms with E-state index in [-0.39, 0.29) is 36.9 Å². The molecule has 1 aromatic carbocycles. The number of ether oxygens (including phenoxy) is 1. The van der Waals surface area contributed by atoms with Gasteiger partial charge in [0.25, 0.3) is 10.0 Å². The molecule has 0 spiro atoms. The molecule has 0 bridgehead atoms. The zero-order valence-corrected chi connectivity index (χ0v) is 12.5. The van der Waals surface area contributed by atoms with Crippen LogP contribution in [0.25, 0.3) is 0 Å². The highest BCUT2D eigenvalue weighted by Gasteiger charge is 2.20. The minimum absolute atomic E-state index is 0.0184. The monoisotopic (exact) mass is 321 g/mol. The molecule has 0 radical (unpaired) electrons. The Morgan fingerprint density at radius 1 is 1.25 bits per heavy atom. The van der Waals surface area contributed by atoms with E-state index < -0.39 is 25.6 Å². The van der Waals surface area contributed by atoms with E-state index in [2.05, 4.69) is 3.77 Å². The average Bonchev–Trinajstić information content (AvgIpc) is 2.37. The fraction of sp³-hybridized carbons (Fsp3) is 0.500. The van der Waals surface area contributed by atoms with E-state index >= 15 is 0 Å². The molecule has 0 amide bonds. The van der Waals surface area contributed by atoms with Gasteiger partial charge in [-0.25, -0.2) is 17.0 Å². The standard InChI is InChI=1S/C12H16FNO4S2/c13-12-4-2-1-3-11(12)5-8-20(16,17)14-19(15)9-6-18-7-10-19/h1-4H,5-10H2. The second-order valence-corrected chi connectivity index (χ2v) is 9.03. The summed E-state index contributed by atoms with van der Waals surface area (Å²) in [5, 5.41) is 0. The van der Waals surface area contributed by atoms with Crippen LogP contribution in [0.2, 0.25) is 0 Å². The Morgan fingerprint density at radius 2 is 1.90 bits per heavy atom. The van der Waals surface area contributed by atoms with Gasteiger partial charge in [0.05, 0.1) is 40.2 Å². The number of hydrogen-bond acceptors (Lipinski definition) is 4. The third-order valence-electron chi connectivity index (χ3n) is 2.93. The highest BCUT2D eigenvalue weighted by Crippen LogP contribution is 2.12. The van der Waals surface area contributed by atoms with Crippen molar-refractivity contribution in [3.8, 4) is 0 Å². The summed E-state index contributed by atoms with van der Waals surface area (Å²) in [6.45, 7) is 0.510. The van der Waals surface area contributed by atoms with Gasteiger partial charge in [0.1, 0.15) is 5.82 Å². The van der Waals surface area contributed by atoms with Gasteiger partial charge in [-0.1, -0.05) is 18.2 Å². The fourth-order valence-electron chi connectivity index (χ4n) is 1.84. The summed E-state index contributed by atoms with van der Waals surface area (Å²) >= 11 is 0. The lowest BCUT2D eigenvalue weighted by Gasteiger charge is -2.15. The van der Waals surface area contributed by atoms with Crippen LogP contribution in [0.3, 0.4) is 0 Å². The van der Waals surface area contributed by atoms with E-state index in [1.807, 2.05) is 0 Å². The van der Waals surface area contributed by atoms with Crippen molar-refractivity contribution in [1.29, 1.82) is 0 Å². The minimum Gasteiger partial charge on any atom is -0.379 e. The zero-order chi connectivity index (χ0) is 14.6. The number of benzene rings is 1. The van der Waals surface area contributed by atoms with Crippen LogP contribution in [0.4, 0.5) is 4.39 Å². The molecule has 0 atom stereocenters. The maximum Gasteiger partial charge on any atom is 0.261 e. The van der Waals surface area contributed by atoms with Crippen LogP contribution in [-0.2, 0) is 30.9 Å². The summed E-state index contributed by atoms with van der Waals surface area (Å²) in [6.07, 6.45) is 0.0184. The van der Waals surface area contributed by atoms with Crippen molar-refractivity contribution in [2.75, 3.05) is 30.5 Å². The lowest BCUT2D eigenvalue weighted by molar-refractivity contribution is 0.158. The summed E-state index contributed by atoms with van der Waals surface area (Å²) in [5.74, 6) is -0.526. The largest absolute Gasteiger partial charge is 0.379 e. The van der Waals surface area contributed by atoms with Gasteiger partial charge in [0, 0.05) is 0 Å².